The van der Waals surface area contributed by atoms with Gasteiger partial charge in [-0.25, -0.2) is 8.42 Å². The van der Waals surface area contributed by atoms with Gasteiger partial charge in [-0.05, 0) is 79.6 Å². The molecule has 8 heteroatoms. The number of nitrogens with one attached hydrogen (secondary N) is 1. The highest BCUT2D eigenvalue weighted by atomic mass is 35.5. The number of piperazine rings is 1. The lowest BCUT2D eigenvalue weighted by Crippen LogP contribution is -2.49. The Balaban J connectivity index is 1.40. The lowest BCUT2D eigenvalue weighted by atomic mass is 10.1. The molecule has 0 aliphatic carbocycles. The number of hydrogen-bond donors (Lipinski definition) is 1. The van der Waals surface area contributed by atoms with E-state index in [1.165, 1.54) is 28.9 Å². The molecule has 0 unspecified atom stereocenters. The lowest BCUT2D eigenvalue weighted by molar-refractivity contribution is 0.0746. The van der Waals surface area contributed by atoms with Crippen molar-refractivity contribution in [1.29, 1.82) is 0 Å². The van der Waals surface area contributed by atoms with Crippen LogP contribution >= 0.6 is 11.6 Å². The molecule has 0 bridgehead atoms. The molecule has 4 rings (SSSR count). The fourth-order valence-electron chi connectivity index (χ4n) is 3.92. The van der Waals surface area contributed by atoms with Crippen molar-refractivity contribution in [2.75, 3.05) is 35.8 Å². The number of aryl methyl sites for hydroxylation is 1. The van der Waals surface area contributed by atoms with Gasteiger partial charge in [0.25, 0.3) is 15.9 Å². The average molecular weight is 484 g/mol. The van der Waals surface area contributed by atoms with Crippen LogP contribution in [-0.4, -0.2) is 45.4 Å². The number of halogens is 1. The van der Waals surface area contributed by atoms with Gasteiger partial charge in [0.15, 0.2) is 0 Å². The van der Waals surface area contributed by atoms with Gasteiger partial charge in [0.2, 0.25) is 0 Å². The molecule has 1 fully saturated rings. The van der Waals surface area contributed by atoms with Crippen LogP contribution in [0.1, 0.15) is 21.5 Å². The minimum Gasteiger partial charge on any atom is -0.368 e. The van der Waals surface area contributed by atoms with E-state index in [0.717, 1.165) is 13.1 Å². The number of hydrogen-bond acceptors (Lipinski definition) is 4. The predicted molar refractivity (Wildman–Crippen MR) is 133 cm³/mol. The van der Waals surface area contributed by atoms with Gasteiger partial charge in [0.1, 0.15) is 0 Å². The predicted octanol–water partition coefficient (Wildman–Crippen LogP) is 4.72. The quantitative estimate of drug-likeness (QED) is 0.570. The summed E-state index contributed by atoms with van der Waals surface area (Å²) in [6.07, 6.45) is 0. The Morgan fingerprint density at radius 2 is 1.52 bits per heavy atom. The number of carbonyl (C=O) groups excluding carboxylic acids is 1. The van der Waals surface area contributed by atoms with E-state index in [1.807, 2.05) is 4.90 Å². The molecule has 1 saturated heterocycles. The molecule has 0 saturated carbocycles. The summed E-state index contributed by atoms with van der Waals surface area (Å²) in [6.45, 7) is 6.98. The Morgan fingerprint density at radius 1 is 0.879 bits per heavy atom. The van der Waals surface area contributed by atoms with Crippen LogP contribution in [0.2, 0.25) is 5.02 Å². The van der Waals surface area contributed by atoms with Gasteiger partial charge in [-0.3, -0.25) is 9.52 Å². The first-order chi connectivity index (χ1) is 15.7. The second kappa shape index (κ2) is 9.45. The normalized spacial score (nSPS) is 14.3. The summed E-state index contributed by atoms with van der Waals surface area (Å²) in [7, 11) is -3.76. The van der Waals surface area contributed by atoms with Crippen LogP contribution in [0.3, 0.4) is 0 Å². The van der Waals surface area contributed by atoms with Crippen LogP contribution in [0, 0.1) is 13.8 Å². The molecule has 0 radical (unpaired) electrons. The molecule has 0 atom stereocenters. The van der Waals surface area contributed by atoms with Gasteiger partial charge in [-0.2, -0.15) is 0 Å². The van der Waals surface area contributed by atoms with Crippen molar-refractivity contribution in [3.63, 3.8) is 0 Å². The fraction of sp³-hybridized carbons (Fsp3) is 0.240. The summed E-state index contributed by atoms with van der Waals surface area (Å²) >= 11 is 5.85. The summed E-state index contributed by atoms with van der Waals surface area (Å²) in [5, 5.41) is 0.524. The average Bonchev–Trinajstić information content (AvgIpc) is 2.82. The standard InChI is InChI=1S/C25H26ClN3O3S/c1-18-4-3-5-24(19(18)2)28-14-16-29(17-15-28)25(30)20-6-12-23(13-7-20)33(31,32)27-22-10-8-21(26)9-11-22/h3-13,27H,14-17H2,1-2H3. The number of benzene rings is 3. The Labute approximate surface area is 199 Å². The number of rotatable bonds is 5. The Morgan fingerprint density at radius 3 is 2.15 bits per heavy atom. The molecular formula is C25H26ClN3O3S. The number of sulfonamides is 1. The maximum Gasteiger partial charge on any atom is 0.261 e. The number of carbonyl (C=O) groups is 1. The van der Waals surface area contributed by atoms with Crippen molar-refractivity contribution >= 4 is 38.9 Å². The largest absolute Gasteiger partial charge is 0.368 e. The lowest BCUT2D eigenvalue weighted by Gasteiger charge is -2.37. The van der Waals surface area contributed by atoms with Crippen molar-refractivity contribution in [2.24, 2.45) is 0 Å². The van der Waals surface area contributed by atoms with E-state index >= 15 is 0 Å². The van der Waals surface area contributed by atoms with Crippen LogP contribution in [0.4, 0.5) is 11.4 Å². The maximum absolute atomic E-state index is 13.0. The Hall–Kier alpha value is -3.03. The summed E-state index contributed by atoms with van der Waals surface area (Å²) in [5.41, 5.74) is 4.62. The molecule has 33 heavy (non-hydrogen) atoms. The molecule has 1 heterocycles. The van der Waals surface area contributed by atoms with Crippen LogP contribution < -0.4 is 9.62 Å². The fourth-order valence-corrected chi connectivity index (χ4v) is 5.10. The molecular weight excluding hydrogens is 458 g/mol. The highest BCUT2D eigenvalue weighted by Crippen LogP contribution is 2.24. The minimum atomic E-state index is -3.76. The zero-order chi connectivity index (χ0) is 23.6. The van der Waals surface area contributed by atoms with Crippen molar-refractivity contribution in [1.82, 2.24) is 4.90 Å². The first-order valence-electron chi connectivity index (χ1n) is 10.7. The van der Waals surface area contributed by atoms with Crippen molar-refractivity contribution in [3.8, 4) is 0 Å². The Kier molecular flexibility index (Phi) is 6.63. The smallest absolute Gasteiger partial charge is 0.261 e. The van der Waals surface area contributed by atoms with Gasteiger partial charge in [-0.1, -0.05) is 23.7 Å². The van der Waals surface area contributed by atoms with Crippen LogP contribution in [0.15, 0.2) is 71.6 Å². The van der Waals surface area contributed by atoms with E-state index in [1.54, 1.807) is 36.4 Å². The summed E-state index contributed by atoms with van der Waals surface area (Å²) < 4.78 is 27.8. The van der Waals surface area contributed by atoms with Crippen molar-refractivity contribution in [3.05, 3.63) is 88.4 Å². The first kappa shape index (κ1) is 23.1. The van der Waals surface area contributed by atoms with E-state index in [2.05, 4.69) is 41.7 Å². The second-order valence-corrected chi connectivity index (χ2v) is 10.3. The molecule has 0 aromatic heterocycles. The number of nitrogens with zero attached hydrogens (tertiary/aromatic N) is 2. The Bertz CT molecular complexity index is 1250. The van der Waals surface area contributed by atoms with E-state index in [4.69, 9.17) is 11.6 Å². The highest BCUT2D eigenvalue weighted by molar-refractivity contribution is 7.92. The topological polar surface area (TPSA) is 69.7 Å². The molecule has 1 N–H and O–H groups in total. The zero-order valence-corrected chi connectivity index (χ0v) is 20.2. The summed E-state index contributed by atoms with van der Waals surface area (Å²) in [4.78, 5) is 17.2. The van der Waals surface area contributed by atoms with E-state index in [0.29, 0.717) is 29.4 Å². The molecule has 6 nitrogen and oxygen atoms in total. The molecule has 3 aromatic rings. The molecule has 1 amide bonds. The van der Waals surface area contributed by atoms with Crippen LogP contribution in [0.5, 0.6) is 0 Å². The van der Waals surface area contributed by atoms with Gasteiger partial charge in [-0.15, -0.1) is 0 Å². The second-order valence-electron chi connectivity index (χ2n) is 8.14. The molecule has 3 aromatic carbocycles. The minimum absolute atomic E-state index is 0.0914. The molecule has 1 aliphatic rings. The van der Waals surface area contributed by atoms with Crippen molar-refractivity contribution in [2.45, 2.75) is 18.7 Å². The monoisotopic (exact) mass is 483 g/mol. The van der Waals surface area contributed by atoms with E-state index in [-0.39, 0.29) is 10.8 Å². The third kappa shape index (κ3) is 5.15. The SMILES string of the molecule is Cc1cccc(N2CCN(C(=O)c3ccc(S(=O)(=O)Nc4ccc(Cl)cc4)cc3)CC2)c1C. The third-order valence-electron chi connectivity index (χ3n) is 5.99. The molecule has 0 spiro atoms. The summed E-state index contributed by atoms with van der Waals surface area (Å²) in [5.74, 6) is -0.0924. The van der Waals surface area contributed by atoms with Gasteiger partial charge in [0.05, 0.1) is 4.90 Å². The van der Waals surface area contributed by atoms with E-state index in [9.17, 15) is 13.2 Å². The highest BCUT2D eigenvalue weighted by Gasteiger charge is 2.24. The number of anilines is 2. The van der Waals surface area contributed by atoms with Crippen molar-refractivity contribution < 1.29 is 13.2 Å². The molecule has 1 aliphatic heterocycles. The van der Waals surface area contributed by atoms with Gasteiger partial charge in [0, 0.05) is 48.1 Å². The van der Waals surface area contributed by atoms with Crippen LogP contribution in [-0.2, 0) is 10.0 Å². The van der Waals surface area contributed by atoms with Gasteiger partial charge < -0.3 is 9.80 Å². The molecule has 172 valence electrons. The van der Waals surface area contributed by atoms with Gasteiger partial charge >= 0.3 is 0 Å². The third-order valence-corrected chi connectivity index (χ3v) is 7.64. The maximum atomic E-state index is 13.0. The summed E-state index contributed by atoms with van der Waals surface area (Å²) in [6, 6.07) is 18.7. The first-order valence-corrected chi connectivity index (χ1v) is 12.6. The zero-order valence-electron chi connectivity index (χ0n) is 18.6. The van der Waals surface area contributed by atoms with Crippen LogP contribution in [0.25, 0.3) is 0 Å². The van der Waals surface area contributed by atoms with E-state index < -0.39 is 10.0 Å². The number of amides is 1.